The summed E-state index contributed by atoms with van der Waals surface area (Å²) in [7, 11) is 0. The quantitative estimate of drug-likeness (QED) is 0.771. The highest BCUT2D eigenvalue weighted by Gasteiger charge is 2.24. The number of H-pyrrole nitrogens is 1. The van der Waals surface area contributed by atoms with Gasteiger partial charge in [0.05, 0.1) is 11.0 Å². The van der Waals surface area contributed by atoms with Crippen molar-refractivity contribution < 1.29 is 4.79 Å². The van der Waals surface area contributed by atoms with Crippen molar-refractivity contribution in [2.75, 3.05) is 31.1 Å². The molecule has 0 aliphatic carbocycles. The molecule has 1 fully saturated rings. The van der Waals surface area contributed by atoms with E-state index in [2.05, 4.69) is 38.5 Å². The molecule has 8 nitrogen and oxygen atoms in total. The Morgan fingerprint density at radius 3 is 2.65 bits per heavy atom. The van der Waals surface area contributed by atoms with E-state index in [-0.39, 0.29) is 11.8 Å². The van der Waals surface area contributed by atoms with Crippen LogP contribution in [0.4, 0.5) is 5.95 Å². The summed E-state index contributed by atoms with van der Waals surface area (Å²) in [6.07, 6.45) is 1.50. The molecule has 136 valence electrons. The van der Waals surface area contributed by atoms with Crippen LogP contribution >= 0.6 is 0 Å². The highest BCUT2D eigenvalue weighted by Crippen LogP contribution is 2.22. The molecule has 2 aromatic heterocycles. The number of amides is 1. The molecule has 0 atom stereocenters. The van der Waals surface area contributed by atoms with Crippen molar-refractivity contribution in [3.05, 3.63) is 36.4 Å². The first-order chi connectivity index (χ1) is 12.6. The molecule has 1 aliphatic rings. The molecule has 0 radical (unpaired) electrons. The van der Waals surface area contributed by atoms with Crippen LogP contribution in [0.3, 0.4) is 0 Å². The molecule has 0 saturated carbocycles. The van der Waals surface area contributed by atoms with Gasteiger partial charge in [-0.1, -0.05) is 26.0 Å². The zero-order chi connectivity index (χ0) is 18.1. The maximum atomic E-state index is 12.9. The van der Waals surface area contributed by atoms with Gasteiger partial charge < -0.3 is 14.4 Å². The van der Waals surface area contributed by atoms with E-state index in [1.54, 1.807) is 0 Å². The van der Waals surface area contributed by atoms with Gasteiger partial charge in [0.15, 0.2) is 0 Å². The zero-order valence-corrected chi connectivity index (χ0v) is 15.1. The van der Waals surface area contributed by atoms with Crippen molar-refractivity contribution in [1.82, 2.24) is 29.6 Å². The van der Waals surface area contributed by atoms with Crippen LogP contribution in [0.1, 0.15) is 25.6 Å². The SMILES string of the molecule is CC(C)c1nc2ccccc2n1CC(=O)N1CCN(c2ncn[nH]2)CC1. The third-order valence-electron chi connectivity index (χ3n) is 4.83. The molecule has 0 unspecified atom stereocenters. The highest BCUT2D eigenvalue weighted by atomic mass is 16.2. The molecule has 3 aromatic rings. The molecule has 4 rings (SSSR count). The van der Waals surface area contributed by atoms with Crippen LogP contribution in [0.25, 0.3) is 11.0 Å². The second-order valence-electron chi connectivity index (χ2n) is 6.88. The number of hydrogen-bond donors (Lipinski definition) is 1. The van der Waals surface area contributed by atoms with Gasteiger partial charge in [0.25, 0.3) is 0 Å². The Hall–Kier alpha value is -2.90. The van der Waals surface area contributed by atoms with Crippen molar-refractivity contribution in [3.63, 3.8) is 0 Å². The first-order valence-corrected chi connectivity index (χ1v) is 8.96. The minimum absolute atomic E-state index is 0.132. The van der Waals surface area contributed by atoms with Crippen LogP contribution in [-0.4, -0.2) is 61.7 Å². The Morgan fingerprint density at radius 1 is 1.19 bits per heavy atom. The lowest BCUT2D eigenvalue weighted by Gasteiger charge is -2.34. The lowest BCUT2D eigenvalue weighted by atomic mass is 10.2. The van der Waals surface area contributed by atoms with Crippen LogP contribution in [-0.2, 0) is 11.3 Å². The Morgan fingerprint density at radius 2 is 1.96 bits per heavy atom. The average molecular weight is 353 g/mol. The fraction of sp³-hybridized carbons (Fsp3) is 0.444. The standard InChI is InChI=1S/C18H23N7O/c1-13(2)17-21-14-5-3-4-6-15(14)25(17)11-16(26)23-7-9-24(10-8-23)18-19-12-20-22-18/h3-6,12-13H,7-11H2,1-2H3,(H,19,20,22). The molecular weight excluding hydrogens is 330 g/mol. The summed E-state index contributed by atoms with van der Waals surface area (Å²) >= 11 is 0. The monoisotopic (exact) mass is 353 g/mol. The number of hydrogen-bond acceptors (Lipinski definition) is 5. The van der Waals surface area contributed by atoms with Gasteiger partial charge in [-0.25, -0.2) is 10.1 Å². The lowest BCUT2D eigenvalue weighted by molar-refractivity contribution is -0.132. The summed E-state index contributed by atoms with van der Waals surface area (Å²) < 4.78 is 2.06. The Labute approximate surface area is 151 Å². The van der Waals surface area contributed by atoms with Crippen LogP contribution in [0.5, 0.6) is 0 Å². The fourth-order valence-corrected chi connectivity index (χ4v) is 3.46. The van der Waals surface area contributed by atoms with Crippen LogP contribution in [0, 0.1) is 0 Å². The summed E-state index contributed by atoms with van der Waals surface area (Å²) in [5, 5.41) is 6.76. The van der Waals surface area contributed by atoms with E-state index in [0.717, 1.165) is 35.9 Å². The van der Waals surface area contributed by atoms with E-state index >= 15 is 0 Å². The molecule has 1 aromatic carbocycles. The molecule has 1 saturated heterocycles. The molecule has 3 heterocycles. The third-order valence-corrected chi connectivity index (χ3v) is 4.83. The van der Waals surface area contributed by atoms with Crippen LogP contribution in [0.2, 0.25) is 0 Å². The van der Waals surface area contributed by atoms with Gasteiger partial charge in [-0.3, -0.25) is 4.79 Å². The minimum Gasteiger partial charge on any atom is -0.338 e. The van der Waals surface area contributed by atoms with Gasteiger partial charge in [-0.2, -0.15) is 10.1 Å². The fourth-order valence-electron chi connectivity index (χ4n) is 3.46. The summed E-state index contributed by atoms with van der Waals surface area (Å²) in [5.74, 6) is 2.12. The van der Waals surface area contributed by atoms with Crippen molar-refractivity contribution in [1.29, 1.82) is 0 Å². The maximum absolute atomic E-state index is 12.9. The molecular formula is C18H23N7O. The minimum atomic E-state index is 0.132. The normalized spacial score (nSPS) is 15.2. The number of imidazole rings is 1. The van der Waals surface area contributed by atoms with Gasteiger partial charge in [-0.15, -0.1) is 0 Å². The Kier molecular flexibility index (Phi) is 4.32. The molecule has 1 aliphatic heterocycles. The second-order valence-corrected chi connectivity index (χ2v) is 6.88. The van der Waals surface area contributed by atoms with Gasteiger partial charge in [0.2, 0.25) is 11.9 Å². The lowest BCUT2D eigenvalue weighted by Crippen LogP contribution is -2.50. The molecule has 0 spiro atoms. The summed E-state index contributed by atoms with van der Waals surface area (Å²) in [6.45, 7) is 7.42. The van der Waals surface area contributed by atoms with E-state index in [4.69, 9.17) is 4.98 Å². The average Bonchev–Trinajstić information content (AvgIpc) is 3.30. The number of benzene rings is 1. The highest BCUT2D eigenvalue weighted by molar-refractivity contribution is 5.81. The second kappa shape index (κ2) is 6.78. The van der Waals surface area contributed by atoms with Crippen LogP contribution < -0.4 is 4.90 Å². The first-order valence-electron chi connectivity index (χ1n) is 8.96. The molecule has 1 N–H and O–H groups in total. The van der Waals surface area contributed by atoms with E-state index in [0.29, 0.717) is 19.6 Å². The Bertz CT molecular complexity index is 892. The number of aromatic amines is 1. The number of para-hydroxylation sites is 2. The maximum Gasteiger partial charge on any atom is 0.242 e. The van der Waals surface area contributed by atoms with E-state index in [9.17, 15) is 4.79 Å². The van der Waals surface area contributed by atoms with E-state index in [1.807, 2.05) is 29.2 Å². The van der Waals surface area contributed by atoms with Crippen molar-refractivity contribution in [2.45, 2.75) is 26.3 Å². The molecule has 0 bridgehead atoms. The Balaban J connectivity index is 1.49. The smallest absolute Gasteiger partial charge is 0.242 e. The van der Waals surface area contributed by atoms with Crippen LogP contribution in [0.15, 0.2) is 30.6 Å². The number of fused-ring (bicyclic) bond motifs is 1. The summed E-state index contributed by atoms with van der Waals surface area (Å²) in [4.78, 5) is 25.8. The number of piperazine rings is 1. The predicted octanol–water partition coefficient (Wildman–Crippen LogP) is 1.63. The number of nitrogens with one attached hydrogen (secondary N) is 1. The molecule has 26 heavy (non-hydrogen) atoms. The van der Waals surface area contributed by atoms with Gasteiger partial charge >= 0.3 is 0 Å². The number of carbonyl (C=O) groups is 1. The molecule has 8 heteroatoms. The van der Waals surface area contributed by atoms with Gasteiger partial charge in [0.1, 0.15) is 18.7 Å². The number of carbonyl (C=O) groups excluding carboxylic acids is 1. The number of aromatic nitrogens is 5. The summed E-state index contributed by atoms with van der Waals surface area (Å²) in [5.41, 5.74) is 1.96. The zero-order valence-electron chi connectivity index (χ0n) is 15.1. The van der Waals surface area contributed by atoms with E-state index in [1.165, 1.54) is 6.33 Å². The van der Waals surface area contributed by atoms with Crippen molar-refractivity contribution in [2.24, 2.45) is 0 Å². The van der Waals surface area contributed by atoms with Crippen molar-refractivity contribution in [3.8, 4) is 0 Å². The predicted molar refractivity (Wildman–Crippen MR) is 99.0 cm³/mol. The first kappa shape index (κ1) is 16.6. The summed E-state index contributed by atoms with van der Waals surface area (Å²) in [6, 6.07) is 8.00. The number of anilines is 1. The van der Waals surface area contributed by atoms with Crippen molar-refractivity contribution >= 4 is 22.9 Å². The van der Waals surface area contributed by atoms with Gasteiger partial charge in [0, 0.05) is 32.1 Å². The van der Waals surface area contributed by atoms with Gasteiger partial charge in [-0.05, 0) is 12.1 Å². The number of nitrogens with zero attached hydrogens (tertiary/aromatic N) is 6. The van der Waals surface area contributed by atoms with E-state index < -0.39 is 0 Å². The number of rotatable bonds is 4. The molecule has 1 amide bonds. The third kappa shape index (κ3) is 3.02. The largest absolute Gasteiger partial charge is 0.338 e. The topological polar surface area (TPSA) is 82.9 Å².